The molecule has 0 spiro atoms. The zero-order valence-electron chi connectivity index (χ0n) is 12.4. The van der Waals surface area contributed by atoms with Crippen LogP contribution in [0.25, 0.3) is 0 Å². The molecule has 124 valence electrons. The molecule has 1 aromatic rings. The normalized spacial score (nSPS) is 19.9. The standard InChI is InChI=1S/C15H17FN2O4S/c16-11-5-6-13-12(9-11)15(20)18(23(13,21)22)8-7-17-14(19)10-3-1-2-4-10/h5-6,9-10H,1-4,7-8H2,(H,17,19). The Balaban J connectivity index is 1.67. The van der Waals surface area contributed by atoms with Gasteiger partial charge in [0.05, 0.1) is 12.1 Å². The summed E-state index contributed by atoms with van der Waals surface area (Å²) in [6, 6.07) is 3.02. The Morgan fingerprint density at radius 2 is 2.00 bits per heavy atom. The SMILES string of the molecule is O=C(NCCN1C(=O)c2cc(F)ccc2S1(=O)=O)C1CCCC1. The van der Waals surface area contributed by atoms with E-state index < -0.39 is 21.7 Å². The second-order valence-corrected chi connectivity index (χ2v) is 7.63. The molecule has 1 aliphatic heterocycles. The lowest BCUT2D eigenvalue weighted by Gasteiger charge is -2.16. The smallest absolute Gasteiger partial charge is 0.269 e. The van der Waals surface area contributed by atoms with Gasteiger partial charge in [-0.15, -0.1) is 0 Å². The molecule has 0 radical (unpaired) electrons. The van der Waals surface area contributed by atoms with E-state index in [0.29, 0.717) is 4.31 Å². The Morgan fingerprint density at radius 1 is 1.30 bits per heavy atom. The number of nitrogens with one attached hydrogen (secondary N) is 1. The van der Waals surface area contributed by atoms with Crippen molar-refractivity contribution in [2.45, 2.75) is 30.6 Å². The fourth-order valence-electron chi connectivity index (χ4n) is 3.09. The van der Waals surface area contributed by atoms with Crippen LogP contribution in [-0.4, -0.2) is 37.6 Å². The number of nitrogens with zero attached hydrogens (tertiary/aromatic N) is 1. The van der Waals surface area contributed by atoms with Crippen molar-refractivity contribution in [3.63, 3.8) is 0 Å². The van der Waals surface area contributed by atoms with Gasteiger partial charge < -0.3 is 5.32 Å². The average Bonchev–Trinajstić information content (AvgIpc) is 3.09. The van der Waals surface area contributed by atoms with E-state index in [1.54, 1.807) is 0 Å². The van der Waals surface area contributed by atoms with Crippen molar-refractivity contribution in [3.05, 3.63) is 29.6 Å². The third-order valence-electron chi connectivity index (χ3n) is 4.31. The Hall–Kier alpha value is -1.96. The quantitative estimate of drug-likeness (QED) is 0.895. The van der Waals surface area contributed by atoms with Crippen molar-refractivity contribution in [1.29, 1.82) is 0 Å². The first-order chi connectivity index (χ1) is 10.9. The zero-order valence-corrected chi connectivity index (χ0v) is 13.2. The number of halogens is 1. The topological polar surface area (TPSA) is 83.6 Å². The highest BCUT2D eigenvalue weighted by Crippen LogP contribution is 2.30. The lowest BCUT2D eigenvalue weighted by molar-refractivity contribution is -0.124. The van der Waals surface area contributed by atoms with Gasteiger partial charge in [0.2, 0.25) is 5.91 Å². The first-order valence-corrected chi connectivity index (χ1v) is 8.99. The van der Waals surface area contributed by atoms with Gasteiger partial charge in [-0.3, -0.25) is 9.59 Å². The molecule has 8 heteroatoms. The van der Waals surface area contributed by atoms with Crippen LogP contribution in [-0.2, 0) is 14.8 Å². The molecule has 1 N–H and O–H groups in total. The molecule has 23 heavy (non-hydrogen) atoms. The van der Waals surface area contributed by atoms with E-state index in [9.17, 15) is 22.4 Å². The Bertz CT molecular complexity index is 757. The van der Waals surface area contributed by atoms with Gasteiger partial charge in [0.1, 0.15) is 10.7 Å². The Kier molecular flexibility index (Phi) is 4.09. The summed E-state index contributed by atoms with van der Waals surface area (Å²) in [5.74, 6) is -1.54. The third-order valence-corrected chi connectivity index (χ3v) is 6.15. The third kappa shape index (κ3) is 2.83. The number of benzene rings is 1. The van der Waals surface area contributed by atoms with Crippen LogP contribution in [0.1, 0.15) is 36.0 Å². The summed E-state index contributed by atoms with van der Waals surface area (Å²) in [7, 11) is -3.96. The zero-order chi connectivity index (χ0) is 16.6. The molecular formula is C15H17FN2O4S. The van der Waals surface area contributed by atoms with Crippen LogP contribution >= 0.6 is 0 Å². The Labute approximate surface area is 133 Å². The fourth-order valence-corrected chi connectivity index (χ4v) is 4.64. The fraction of sp³-hybridized carbons (Fsp3) is 0.467. The first kappa shape index (κ1) is 15.9. The highest BCUT2D eigenvalue weighted by atomic mass is 32.2. The molecule has 0 aromatic heterocycles. The maximum absolute atomic E-state index is 13.2. The van der Waals surface area contributed by atoms with Crippen LogP contribution in [0.2, 0.25) is 0 Å². The molecule has 0 unspecified atom stereocenters. The van der Waals surface area contributed by atoms with E-state index in [0.717, 1.165) is 43.9 Å². The molecule has 1 aliphatic carbocycles. The first-order valence-electron chi connectivity index (χ1n) is 7.55. The number of fused-ring (bicyclic) bond motifs is 1. The largest absolute Gasteiger partial charge is 0.354 e. The molecule has 0 bridgehead atoms. The van der Waals surface area contributed by atoms with Crippen LogP contribution in [0, 0.1) is 11.7 Å². The monoisotopic (exact) mass is 340 g/mol. The van der Waals surface area contributed by atoms with E-state index in [-0.39, 0.29) is 35.4 Å². The van der Waals surface area contributed by atoms with Gasteiger partial charge in [-0.1, -0.05) is 12.8 Å². The summed E-state index contributed by atoms with van der Waals surface area (Å²) < 4.78 is 38.5. The number of hydrogen-bond donors (Lipinski definition) is 1. The van der Waals surface area contributed by atoms with Crippen molar-refractivity contribution < 1.29 is 22.4 Å². The van der Waals surface area contributed by atoms with Gasteiger partial charge in [-0.05, 0) is 31.0 Å². The maximum Gasteiger partial charge on any atom is 0.269 e. The summed E-state index contributed by atoms with van der Waals surface area (Å²) in [5.41, 5.74) is -0.160. The summed E-state index contributed by atoms with van der Waals surface area (Å²) >= 11 is 0. The van der Waals surface area contributed by atoms with Crippen LogP contribution in [0.5, 0.6) is 0 Å². The second kappa shape index (κ2) is 5.92. The van der Waals surface area contributed by atoms with Crippen LogP contribution < -0.4 is 5.32 Å². The van der Waals surface area contributed by atoms with E-state index in [4.69, 9.17) is 0 Å². The summed E-state index contributed by atoms with van der Waals surface area (Å²) in [5, 5.41) is 2.68. The van der Waals surface area contributed by atoms with E-state index in [1.807, 2.05) is 0 Å². The van der Waals surface area contributed by atoms with Gasteiger partial charge in [-0.25, -0.2) is 17.1 Å². The van der Waals surface area contributed by atoms with E-state index in [1.165, 1.54) is 0 Å². The highest BCUT2D eigenvalue weighted by Gasteiger charge is 2.41. The molecule has 1 fully saturated rings. The van der Waals surface area contributed by atoms with Crippen molar-refractivity contribution in [2.24, 2.45) is 5.92 Å². The van der Waals surface area contributed by atoms with Gasteiger partial charge in [-0.2, -0.15) is 0 Å². The van der Waals surface area contributed by atoms with Crippen molar-refractivity contribution in [1.82, 2.24) is 9.62 Å². The molecule has 0 atom stereocenters. The molecule has 1 heterocycles. The molecule has 2 amide bonds. The van der Waals surface area contributed by atoms with E-state index in [2.05, 4.69) is 5.32 Å². The molecule has 0 saturated heterocycles. The summed E-state index contributed by atoms with van der Waals surface area (Å²) in [4.78, 5) is 23.9. The molecular weight excluding hydrogens is 323 g/mol. The number of amides is 2. The predicted molar refractivity (Wildman–Crippen MR) is 79.6 cm³/mol. The molecule has 2 aliphatic rings. The van der Waals surface area contributed by atoms with Crippen LogP contribution in [0.15, 0.2) is 23.1 Å². The summed E-state index contributed by atoms with van der Waals surface area (Å²) in [6.45, 7) is -0.104. The van der Waals surface area contributed by atoms with Crippen molar-refractivity contribution in [3.8, 4) is 0 Å². The predicted octanol–water partition coefficient (Wildman–Crippen LogP) is 1.28. The Morgan fingerprint density at radius 3 is 2.70 bits per heavy atom. The van der Waals surface area contributed by atoms with Crippen molar-refractivity contribution >= 4 is 21.8 Å². The van der Waals surface area contributed by atoms with E-state index >= 15 is 0 Å². The molecule has 1 aromatic carbocycles. The number of carbonyl (C=O) groups is 2. The molecule has 3 rings (SSSR count). The minimum Gasteiger partial charge on any atom is -0.354 e. The molecule has 6 nitrogen and oxygen atoms in total. The number of rotatable bonds is 4. The van der Waals surface area contributed by atoms with Gasteiger partial charge in [0.25, 0.3) is 15.9 Å². The van der Waals surface area contributed by atoms with Crippen LogP contribution in [0.3, 0.4) is 0 Å². The van der Waals surface area contributed by atoms with Gasteiger partial charge in [0, 0.05) is 12.5 Å². The summed E-state index contributed by atoms with van der Waals surface area (Å²) in [6.07, 6.45) is 3.74. The van der Waals surface area contributed by atoms with Gasteiger partial charge in [0.15, 0.2) is 0 Å². The second-order valence-electron chi connectivity index (χ2n) is 5.80. The average molecular weight is 340 g/mol. The van der Waals surface area contributed by atoms with Gasteiger partial charge >= 0.3 is 0 Å². The lowest BCUT2D eigenvalue weighted by atomic mass is 10.1. The number of carbonyl (C=O) groups excluding carboxylic acids is 2. The highest BCUT2D eigenvalue weighted by molar-refractivity contribution is 7.90. The minimum absolute atomic E-state index is 0.0211. The lowest BCUT2D eigenvalue weighted by Crippen LogP contribution is -2.39. The molecule has 1 saturated carbocycles. The minimum atomic E-state index is -3.96. The number of hydrogen-bond acceptors (Lipinski definition) is 4. The maximum atomic E-state index is 13.2. The van der Waals surface area contributed by atoms with Crippen LogP contribution in [0.4, 0.5) is 4.39 Å². The van der Waals surface area contributed by atoms with Crippen molar-refractivity contribution in [2.75, 3.05) is 13.1 Å². The number of sulfonamides is 1.